The van der Waals surface area contributed by atoms with Crippen LogP contribution in [0.1, 0.15) is 11.6 Å². The van der Waals surface area contributed by atoms with E-state index in [2.05, 4.69) is 15.9 Å². The Morgan fingerprint density at radius 2 is 1.76 bits per heavy atom. The summed E-state index contributed by atoms with van der Waals surface area (Å²) in [7, 11) is 1.20. The number of hydrogen-bond donors (Lipinski definition) is 1. The zero-order valence-corrected chi connectivity index (χ0v) is 15.4. The van der Waals surface area contributed by atoms with Crippen LogP contribution < -0.4 is 4.90 Å². The van der Waals surface area contributed by atoms with Crippen LogP contribution in [0.25, 0.3) is 0 Å². The lowest BCUT2D eigenvalue weighted by Gasteiger charge is -2.26. The molecule has 1 atom stereocenters. The van der Waals surface area contributed by atoms with Gasteiger partial charge in [0.05, 0.1) is 13.2 Å². The van der Waals surface area contributed by atoms with Crippen LogP contribution in [0.4, 0.5) is 5.69 Å². The topological polar surface area (TPSA) is 66.8 Å². The summed E-state index contributed by atoms with van der Waals surface area (Å²) in [4.78, 5) is 26.2. The van der Waals surface area contributed by atoms with Gasteiger partial charge in [-0.25, -0.2) is 4.79 Å². The number of carbonyl (C=O) groups is 2. The number of esters is 1. The molecule has 1 unspecified atom stereocenters. The van der Waals surface area contributed by atoms with Gasteiger partial charge in [-0.05, 0) is 42.0 Å². The first kappa shape index (κ1) is 17.5. The summed E-state index contributed by atoms with van der Waals surface area (Å²) in [5, 5.41) is 10.8. The quantitative estimate of drug-likeness (QED) is 0.754. The van der Waals surface area contributed by atoms with E-state index in [0.717, 1.165) is 4.47 Å². The molecule has 0 saturated heterocycles. The van der Waals surface area contributed by atoms with Gasteiger partial charge in [0.25, 0.3) is 5.91 Å². The van der Waals surface area contributed by atoms with Crippen molar-refractivity contribution in [3.05, 3.63) is 74.9 Å². The molecule has 5 nitrogen and oxygen atoms in total. The Morgan fingerprint density at radius 1 is 1.16 bits per heavy atom. The first-order chi connectivity index (χ1) is 11.9. The number of ether oxygens (including phenoxy) is 1. The van der Waals surface area contributed by atoms with E-state index < -0.39 is 23.7 Å². The summed E-state index contributed by atoms with van der Waals surface area (Å²) in [5.41, 5.74) is 1.07. The molecule has 1 amide bonds. The Kier molecular flexibility index (Phi) is 4.83. The number of aliphatic hydroxyl groups is 1. The van der Waals surface area contributed by atoms with Crippen LogP contribution in [0.3, 0.4) is 0 Å². The molecule has 0 spiro atoms. The first-order valence-electron chi connectivity index (χ1n) is 7.30. The van der Waals surface area contributed by atoms with E-state index in [1.807, 2.05) is 0 Å². The summed E-state index contributed by atoms with van der Waals surface area (Å²) in [6, 6.07) is 12.9. The highest BCUT2D eigenvalue weighted by Crippen LogP contribution is 2.41. The zero-order chi connectivity index (χ0) is 18.1. The van der Waals surface area contributed by atoms with Crippen LogP contribution in [-0.4, -0.2) is 24.1 Å². The maximum atomic E-state index is 12.6. The largest absolute Gasteiger partial charge is 0.503 e. The van der Waals surface area contributed by atoms with Gasteiger partial charge in [-0.2, -0.15) is 0 Å². The Hall–Kier alpha value is -2.31. The molecule has 0 aliphatic carbocycles. The average molecular weight is 423 g/mol. The van der Waals surface area contributed by atoms with E-state index in [-0.39, 0.29) is 5.57 Å². The van der Waals surface area contributed by atoms with Gasteiger partial charge in [-0.15, -0.1) is 0 Å². The van der Waals surface area contributed by atoms with Gasteiger partial charge < -0.3 is 9.84 Å². The molecule has 1 N–H and O–H groups in total. The molecule has 0 bridgehead atoms. The second-order valence-corrected chi connectivity index (χ2v) is 6.71. The number of rotatable bonds is 3. The predicted molar refractivity (Wildman–Crippen MR) is 97.5 cm³/mol. The van der Waals surface area contributed by atoms with Crippen molar-refractivity contribution >= 4 is 45.1 Å². The van der Waals surface area contributed by atoms with Crippen LogP contribution in [-0.2, 0) is 14.3 Å². The number of nitrogens with zero attached hydrogens (tertiary/aromatic N) is 1. The molecule has 25 heavy (non-hydrogen) atoms. The molecular weight excluding hydrogens is 410 g/mol. The molecule has 0 radical (unpaired) electrons. The van der Waals surface area contributed by atoms with Gasteiger partial charge in [0, 0.05) is 15.2 Å². The molecule has 2 aromatic rings. The highest BCUT2D eigenvalue weighted by Gasteiger charge is 2.45. The van der Waals surface area contributed by atoms with E-state index in [1.165, 1.54) is 12.0 Å². The van der Waals surface area contributed by atoms with Gasteiger partial charge in [-0.1, -0.05) is 39.7 Å². The normalized spacial score (nSPS) is 17.2. The number of hydrogen-bond acceptors (Lipinski definition) is 4. The number of halogens is 2. The molecule has 7 heteroatoms. The van der Waals surface area contributed by atoms with Crippen LogP contribution in [0, 0.1) is 0 Å². The maximum absolute atomic E-state index is 12.6. The zero-order valence-electron chi connectivity index (χ0n) is 13.1. The third-order valence-electron chi connectivity index (χ3n) is 3.90. The van der Waals surface area contributed by atoms with Crippen molar-refractivity contribution in [1.82, 2.24) is 0 Å². The maximum Gasteiger partial charge on any atom is 0.340 e. The van der Waals surface area contributed by atoms with Gasteiger partial charge in [-0.3, -0.25) is 9.69 Å². The van der Waals surface area contributed by atoms with Crippen LogP contribution in [0.2, 0.25) is 5.02 Å². The number of carbonyl (C=O) groups excluding carboxylic acids is 2. The Labute approximate surface area is 157 Å². The summed E-state index contributed by atoms with van der Waals surface area (Å²) in [6.07, 6.45) is 0. The van der Waals surface area contributed by atoms with Crippen molar-refractivity contribution in [2.24, 2.45) is 0 Å². The van der Waals surface area contributed by atoms with E-state index in [4.69, 9.17) is 16.3 Å². The van der Waals surface area contributed by atoms with Crippen molar-refractivity contribution in [2.45, 2.75) is 6.04 Å². The summed E-state index contributed by atoms with van der Waals surface area (Å²) >= 11 is 9.28. The summed E-state index contributed by atoms with van der Waals surface area (Å²) < 4.78 is 5.61. The molecule has 0 aromatic heterocycles. The SMILES string of the molecule is COC(=O)C1=C(O)C(=O)N(c2ccc(Br)cc2)C1c1ccc(Cl)cc1. The number of benzene rings is 2. The molecule has 3 rings (SSSR count). The predicted octanol–water partition coefficient (Wildman–Crippen LogP) is 4.18. The lowest BCUT2D eigenvalue weighted by Crippen LogP contribution is -2.31. The van der Waals surface area contributed by atoms with Gasteiger partial charge in [0.1, 0.15) is 5.57 Å². The van der Waals surface area contributed by atoms with E-state index >= 15 is 0 Å². The van der Waals surface area contributed by atoms with E-state index in [0.29, 0.717) is 16.3 Å². The summed E-state index contributed by atoms with van der Waals surface area (Å²) in [6.45, 7) is 0. The highest BCUT2D eigenvalue weighted by atomic mass is 79.9. The monoisotopic (exact) mass is 421 g/mol. The number of methoxy groups -OCH3 is 1. The van der Waals surface area contributed by atoms with Crippen molar-refractivity contribution < 1.29 is 19.4 Å². The van der Waals surface area contributed by atoms with Crippen molar-refractivity contribution in [3.63, 3.8) is 0 Å². The molecular formula is C18H13BrClNO4. The molecule has 0 saturated carbocycles. The Morgan fingerprint density at radius 3 is 2.32 bits per heavy atom. The first-order valence-corrected chi connectivity index (χ1v) is 8.47. The second kappa shape index (κ2) is 6.90. The van der Waals surface area contributed by atoms with Gasteiger partial charge in [0.15, 0.2) is 5.76 Å². The fraction of sp³-hybridized carbons (Fsp3) is 0.111. The number of anilines is 1. The third-order valence-corrected chi connectivity index (χ3v) is 4.68. The second-order valence-electron chi connectivity index (χ2n) is 5.36. The average Bonchev–Trinajstić information content (AvgIpc) is 2.87. The van der Waals surface area contributed by atoms with Crippen molar-refractivity contribution in [3.8, 4) is 0 Å². The highest BCUT2D eigenvalue weighted by molar-refractivity contribution is 9.10. The Balaban J connectivity index is 2.16. The lowest BCUT2D eigenvalue weighted by molar-refractivity contribution is -0.136. The Bertz CT molecular complexity index is 862. The minimum absolute atomic E-state index is 0.0993. The lowest BCUT2D eigenvalue weighted by atomic mass is 9.99. The standard InChI is InChI=1S/C18H13BrClNO4/c1-25-18(24)14-15(10-2-6-12(20)7-3-10)21(17(23)16(14)22)13-8-4-11(19)5-9-13/h2-9,15,22H,1H3. The van der Waals surface area contributed by atoms with Gasteiger partial charge in [0.2, 0.25) is 0 Å². The van der Waals surface area contributed by atoms with Crippen molar-refractivity contribution in [2.75, 3.05) is 12.0 Å². The molecule has 1 aliphatic heterocycles. The minimum Gasteiger partial charge on any atom is -0.503 e. The smallest absolute Gasteiger partial charge is 0.340 e. The van der Waals surface area contributed by atoms with Gasteiger partial charge >= 0.3 is 5.97 Å². The molecule has 2 aromatic carbocycles. The van der Waals surface area contributed by atoms with E-state index in [9.17, 15) is 14.7 Å². The van der Waals surface area contributed by atoms with Crippen LogP contribution in [0.15, 0.2) is 64.3 Å². The van der Waals surface area contributed by atoms with Crippen LogP contribution in [0.5, 0.6) is 0 Å². The molecule has 0 fully saturated rings. The van der Waals surface area contributed by atoms with E-state index in [1.54, 1.807) is 48.5 Å². The fourth-order valence-corrected chi connectivity index (χ4v) is 3.14. The number of aliphatic hydroxyl groups excluding tert-OH is 1. The van der Waals surface area contributed by atoms with Crippen LogP contribution >= 0.6 is 27.5 Å². The summed E-state index contributed by atoms with van der Waals surface area (Å²) in [5.74, 6) is -2.04. The molecule has 128 valence electrons. The third kappa shape index (κ3) is 3.15. The molecule has 1 heterocycles. The molecule has 1 aliphatic rings. The fourth-order valence-electron chi connectivity index (χ4n) is 2.75. The minimum atomic E-state index is -0.807. The van der Waals surface area contributed by atoms with Crippen molar-refractivity contribution in [1.29, 1.82) is 0 Å². The number of amides is 1.